The van der Waals surface area contributed by atoms with Crippen LogP contribution in [-0.2, 0) is 0 Å². The molecule has 0 saturated heterocycles. The standard InChI is InChI=1S/2C4H10.ClH.H2O.Sn/c2*1-4(2)3;;;/h2*4H,1-3H3;1H;1H2;/p-1. The van der Waals surface area contributed by atoms with Gasteiger partial charge < -0.3 is 17.9 Å². The van der Waals surface area contributed by atoms with Crippen LogP contribution in [0.4, 0.5) is 0 Å². The third-order valence-electron chi connectivity index (χ3n) is 0. The van der Waals surface area contributed by atoms with Gasteiger partial charge in [0.05, 0.1) is 0 Å². The Labute approximate surface area is 95.0 Å². The summed E-state index contributed by atoms with van der Waals surface area (Å²) in [5.41, 5.74) is 0. The molecule has 0 aromatic rings. The Hall–Kier alpha value is 1.05. The van der Waals surface area contributed by atoms with Crippen LogP contribution in [0.3, 0.4) is 0 Å². The van der Waals surface area contributed by atoms with E-state index in [9.17, 15) is 0 Å². The molecule has 2 N–H and O–H groups in total. The Balaban J connectivity index is -0.0000000171. The van der Waals surface area contributed by atoms with Crippen LogP contribution in [0, 0.1) is 11.8 Å². The van der Waals surface area contributed by atoms with Crippen LogP contribution in [0.25, 0.3) is 0 Å². The van der Waals surface area contributed by atoms with E-state index in [1.54, 1.807) is 0 Å². The van der Waals surface area contributed by atoms with Crippen molar-refractivity contribution in [3.63, 3.8) is 0 Å². The zero-order chi connectivity index (χ0) is 7.15. The molecule has 0 aliphatic heterocycles. The molecule has 11 heavy (non-hydrogen) atoms. The number of rotatable bonds is 0. The molecule has 0 saturated carbocycles. The molecule has 0 aliphatic rings. The van der Waals surface area contributed by atoms with Crippen molar-refractivity contribution in [2.45, 2.75) is 41.5 Å². The van der Waals surface area contributed by atoms with Gasteiger partial charge in [0.1, 0.15) is 0 Å². The van der Waals surface area contributed by atoms with Crippen molar-refractivity contribution >= 4 is 23.9 Å². The Morgan fingerprint density at radius 2 is 0.636 bits per heavy atom. The van der Waals surface area contributed by atoms with Gasteiger partial charge in [-0.05, 0) is 11.8 Å². The molecule has 0 spiro atoms. The fraction of sp³-hybridized carbons (Fsp3) is 1.00. The molecule has 0 unspecified atom stereocenters. The number of hydrogen-bond donors (Lipinski definition) is 0. The van der Waals surface area contributed by atoms with Gasteiger partial charge in [-0.2, -0.15) is 0 Å². The molecule has 4 radical (unpaired) electrons. The Bertz CT molecular complexity index is 29.6. The molecule has 0 rings (SSSR count). The van der Waals surface area contributed by atoms with Crippen LogP contribution in [0.15, 0.2) is 0 Å². The molecule has 0 amide bonds. The van der Waals surface area contributed by atoms with Crippen molar-refractivity contribution in [2.24, 2.45) is 11.8 Å². The van der Waals surface area contributed by atoms with Gasteiger partial charge in [-0.1, -0.05) is 41.5 Å². The largest absolute Gasteiger partial charge is 1.00 e. The van der Waals surface area contributed by atoms with E-state index >= 15 is 0 Å². The molecule has 0 fully saturated rings. The quantitative estimate of drug-likeness (QED) is 0.519. The van der Waals surface area contributed by atoms with Crippen LogP contribution in [0.5, 0.6) is 0 Å². The van der Waals surface area contributed by atoms with E-state index in [1.807, 2.05) is 0 Å². The Morgan fingerprint density at radius 1 is 0.636 bits per heavy atom. The minimum absolute atomic E-state index is 0. The first kappa shape index (κ1) is 29.6. The molecule has 0 aromatic carbocycles. The first-order chi connectivity index (χ1) is 3.46. The second-order valence-corrected chi connectivity index (χ2v) is 3.46. The average molecular weight is 288 g/mol. The minimum atomic E-state index is 0. The summed E-state index contributed by atoms with van der Waals surface area (Å²) in [6.07, 6.45) is 0. The van der Waals surface area contributed by atoms with Crippen molar-refractivity contribution in [1.82, 2.24) is 0 Å². The fourth-order valence-corrected chi connectivity index (χ4v) is 0. The summed E-state index contributed by atoms with van der Waals surface area (Å²) >= 11 is 0. The molecule has 0 heterocycles. The van der Waals surface area contributed by atoms with Gasteiger partial charge in [-0.15, -0.1) is 0 Å². The molecule has 3 heteroatoms. The van der Waals surface area contributed by atoms with E-state index in [0.29, 0.717) is 0 Å². The monoisotopic (exact) mass is 289 g/mol. The summed E-state index contributed by atoms with van der Waals surface area (Å²) in [4.78, 5) is 0. The van der Waals surface area contributed by atoms with Crippen molar-refractivity contribution in [1.29, 1.82) is 0 Å². The van der Waals surface area contributed by atoms with Gasteiger partial charge in [0.2, 0.25) is 0 Å². The molecule has 0 aliphatic carbocycles. The molecule has 0 aromatic heterocycles. The van der Waals surface area contributed by atoms with E-state index < -0.39 is 0 Å². The van der Waals surface area contributed by atoms with Crippen molar-refractivity contribution in [2.75, 3.05) is 0 Å². The number of halogens is 1. The van der Waals surface area contributed by atoms with Gasteiger partial charge in [0.15, 0.2) is 0 Å². The van der Waals surface area contributed by atoms with Gasteiger partial charge in [-0.25, -0.2) is 0 Å². The van der Waals surface area contributed by atoms with Crippen LogP contribution < -0.4 is 12.4 Å². The first-order valence-corrected chi connectivity index (χ1v) is 3.46. The predicted molar refractivity (Wildman–Crippen MR) is 50.4 cm³/mol. The summed E-state index contributed by atoms with van der Waals surface area (Å²) in [5.74, 6) is 1.67. The minimum Gasteiger partial charge on any atom is -1.00 e. The third kappa shape index (κ3) is 823. The van der Waals surface area contributed by atoms with Gasteiger partial charge in [0.25, 0.3) is 0 Å². The predicted octanol–water partition coefficient (Wildman–Crippen LogP) is -0.877. The smallest absolute Gasteiger partial charge is 0 e. The second-order valence-electron chi connectivity index (χ2n) is 3.46. The normalized spacial score (nSPS) is 6.55. The summed E-state index contributed by atoms with van der Waals surface area (Å²) in [7, 11) is 0. The first-order valence-electron chi connectivity index (χ1n) is 3.46. The summed E-state index contributed by atoms with van der Waals surface area (Å²) in [6, 6.07) is 0. The van der Waals surface area contributed by atoms with E-state index in [1.165, 1.54) is 0 Å². The van der Waals surface area contributed by atoms with E-state index in [4.69, 9.17) is 0 Å². The molecular formula is C8H22ClOSn-. The number of hydrogen-bond acceptors (Lipinski definition) is 0. The van der Waals surface area contributed by atoms with E-state index in [0.717, 1.165) is 11.8 Å². The maximum Gasteiger partial charge on any atom is 0 e. The average Bonchev–Trinajstić information content (AvgIpc) is 1.25. The Kier molecular flexibility index (Phi) is 60.4. The third-order valence-corrected chi connectivity index (χ3v) is 0. The summed E-state index contributed by atoms with van der Waals surface area (Å²) in [5, 5.41) is 0. The second kappa shape index (κ2) is 22.5. The topological polar surface area (TPSA) is 31.5 Å². The van der Waals surface area contributed by atoms with Crippen LogP contribution >= 0.6 is 0 Å². The van der Waals surface area contributed by atoms with Crippen LogP contribution in [-0.4, -0.2) is 29.4 Å². The zero-order valence-corrected chi connectivity index (χ0v) is 12.1. The maximum absolute atomic E-state index is 2.17. The van der Waals surface area contributed by atoms with Gasteiger partial charge in [-0.3, -0.25) is 0 Å². The van der Waals surface area contributed by atoms with E-state index in [-0.39, 0.29) is 41.8 Å². The van der Waals surface area contributed by atoms with Crippen molar-refractivity contribution in [3.8, 4) is 0 Å². The molecule has 72 valence electrons. The van der Waals surface area contributed by atoms with Crippen LogP contribution in [0.1, 0.15) is 41.5 Å². The summed E-state index contributed by atoms with van der Waals surface area (Å²) in [6.45, 7) is 13.0. The Morgan fingerprint density at radius 3 is 0.636 bits per heavy atom. The maximum atomic E-state index is 2.17. The fourth-order valence-electron chi connectivity index (χ4n) is 0. The molecular weight excluding hydrogens is 266 g/mol. The summed E-state index contributed by atoms with van der Waals surface area (Å²) < 4.78 is 0. The van der Waals surface area contributed by atoms with Gasteiger partial charge in [0, 0.05) is 23.9 Å². The molecule has 1 nitrogen and oxygen atoms in total. The molecule has 0 atom stereocenters. The van der Waals surface area contributed by atoms with Crippen molar-refractivity contribution in [3.05, 3.63) is 0 Å². The zero-order valence-electron chi connectivity index (χ0n) is 8.53. The SMILES string of the molecule is CC(C)C.CC(C)C.O.[Cl-].[Sn]. The van der Waals surface area contributed by atoms with Gasteiger partial charge >= 0.3 is 0 Å². The van der Waals surface area contributed by atoms with E-state index in [2.05, 4.69) is 41.5 Å². The molecule has 0 bridgehead atoms. The van der Waals surface area contributed by atoms with Crippen molar-refractivity contribution < 1.29 is 17.9 Å². The van der Waals surface area contributed by atoms with Crippen LogP contribution in [0.2, 0.25) is 0 Å².